The van der Waals surface area contributed by atoms with Crippen molar-refractivity contribution in [2.45, 2.75) is 13.3 Å². The molecule has 0 saturated carbocycles. The largest absolute Gasteiger partial charge is 0.465 e. The maximum Gasteiger partial charge on any atom is 0.337 e. The van der Waals surface area contributed by atoms with E-state index in [9.17, 15) is 4.79 Å². The molecule has 0 spiro atoms. The molecule has 0 radical (unpaired) electrons. The standard InChI is InChI=1S/C15H22N2O2/c1-12-10-16-8-3-9-17(11-12)14-6-4-13(5-7-14)15(18)19-2/h4-7,12,16H,3,8-11H2,1-2H3. The van der Waals surface area contributed by atoms with Crippen molar-refractivity contribution in [2.75, 3.05) is 38.2 Å². The number of esters is 1. The molecule has 1 atom stereocenters. The molecule has 4 heteroatoms. The van der Waals surface area contributed by atoms with Crippen molar-refractivity contribution in [3.05, 3.63) is 29.8 Å². The van der Waals surface area contributed by atoms with Crippen LogP contribution in [0.3, 0.4) is 0 Å². The molecule has 2 rings (SSSR count). The van der Waals surface area contributed by atoms with Crippen LogP contribution in [0.15, 0.2) is 24.3 Å². The molecule has 1 unspecified atom stereocenters. The highest BCUT2D eigenvalue weighted by atomic mass is 16.5. The highest BCUT2D eigenvalue weighted by Crippen LogP contribution is 2.18. The quantitative estimate of drug-likeness (QED) is 0.827. The molecule has 1 aliphatic rings. The molecule has 0 amide bonds. The molecule has 4 nitrogen and oxygen atoms in total. The first-order valence-electron chi connectivity index (χ1n) is 6.84. The van der Waals surface area contributed by atoms with Gasteiger partial charge in [-0.15, -0.1) is 0 Å². The van der Waals surface area contributed by atoms with Gasteiger partial charge in [0.15, 0.2) is 0 Å². The molecule has 1 aliphatic heterocycles. The number of nitrogens with zero attached hydrogens (tertiary/aromatic N) is 1. The minimum atomic E-state index is -0.281. The summed E-state index contributed by atoms with van der Waals surface area (Å²) in [6.45, 7) is 6.49. The lowest BCUT2D eigenvalue weighted by Crippen LogP contribution is -2.38. The van der Waals surface area contributed by atoms with Crippen molar-refractivity contribution < 1.29 is 9.53 Å². The van der Waals surface area contributed by atoms with Gasteiger partial charge in [0.1, 0.15) is 0 Å². The van der Waals surface area contributed by atoms with Crippen molar-refractivity contribution in [2.24, 2.45) is 5.92 Å². The lowest BCUT2D eigenvalue weighted by atomic mass is 10.1. The summed E-state index contributed by atoms with van der Waals surface area (Å²) in [7, 11) is 1.41. The fraction of sp³-hybridized carbons (Fsp3) is 0.533. The number of benzene rings is 1. The Morgan fingerprint density at radius 3 is 2.79 bits per heavy atom. The van der Waals surface area contributed by atoms with Crippen LogP contribution in [-0.2, 0) is 4.74 Å². The second kappa shape index (κ2) is 6.57. The van der Waals surface area contributed by atoms with Crippen LogP contribution < -0.4 is 10.2 Å². The van der Waals surface area contributed by atoms with Crippen molar-refractivity contribution in [3.63, 3.8) is 0 Å². The smallest absolute Gasteiger partial charge is 0.337 e. The highest BCUT2D eigenvalue weighted by molar-refractivity contribution is 5.89. The Labute approximate surface area is 114 Å². The highest BCUT2D eigenvalue weighted by Gasteiger charge is 2.14. The van der Waals surface area contributed by atoms with E-state index < -0.39 is 0 Å². The first-order valence-corrected chi connectivity index (χ1v) is 6.84. The number of carbonyl (C=O) groups excluding carboxylic acids is 1. The summed E-state index contributed by atoms with van der Waals surface area (Å²) in [4.78, 5) is 13.8. The zero-order valence-corrected chi connectivity index (χ0v) is 11.7. The van der Waals surface area contributed by atoms with E-state index in [2.05, 4.69) is 17.1 Å². The molecule has 1 fully saturated rings. The second-order valence-electron chi connectivity index (χ2n) is 5.15. The number of rotatable bonds is 2. The molecule has 1 aromatic rings. The summed E-state index contributed by atoms with van der Waals surface area (Å²) in [6.07, 6.45) is 1.14. The molecule has 1 aromatic carbocycles. The van der Waals surface area contributed by atoms with Gasteiger partial charge in [-0.2, -0.15) is 0 Å². The molecule has 1 saturated heterocycles. The molecule has 1 heterocycles. The molecule has 1 N–H and O–H groups in total. The summed E-state index contributed by atoms with van der Waals surface area (Å²) >= 11 is 0. The van der Waals surface area contributed by atoms with Gasteiger partial charge in [-0.3, -0.25) is 0 Å². The minimum absolute atomic E-state index is 0.281. The van der Waals surface area contributed by atoms with Crippen LogP contribution in [0.5, 0.6) is 0 Å². The third-order valence-corrected chi connectivity index (χ3v) is 3.46. The van der Waals surface area contributed by atoms with Gasteiger partial charge in [0.25, 0.3) is 0 Å². The minimum Gasteiger partial charge on any atom is -0.465 e. The Balaban J connectivity index is 2.08. The first kappa shape index (κ1) is 13.9. The van der Waals surface area contributed by atoms with E-state index in [1.54, 1.807) is 0 Å². The van der Waals surface area contributed by atoms with Crippen molar-refractivity contribution in [1.82, 2.24) is 5.32 Å². The van der Waals surface area contributed by atoms with Gasteiger partial charge < -0.3 is 15.0 Å². The van der Waals surface area contributed by atoms with Crippen molar-refractivity contribution >= 4 is 11.7 Å². The second-order valence-corrected chi connectivity index (χ2v) is 5.15. The van der Waals surface area contributed by atoms with Crippen molar-refractivity contribution in [1.29, 1.82) is 0 Å². The van der Waals surface area contributed by atoms with E-state index >= 15 is 0 Å². The predicted octanol–water partition coefficient (Wildman–Crippen LogP) is 1.91. The Morgan fingerprint density at radius 1 is 1.37 bits per heavy atom. The number of hydrogen-bond acceptors (Lipinski definition) is 4. The van der Waals surface area contributed by atoms with E-state index in [0.29, 0.717) is 11.5 Å². The van der Waals surface area contributed by atoms with Gasteiger partial charge in [-0.05, 0) is 49.7 Å². The van der Waals surface area contributed by atoms with Crippen LogP contribution in [0.1, 0.15) is 23.7 Å². The number of nitrogens with one attached hydrogen (secondary N) is 1. The monoisotopic (exact) mass is 262 g/mol. The lowest BCUT2D eigenvalue weighted by Gasteiger charge is -2.30. The Kier molecular flexibility index (Phi) is 4.80. The summed E-state index contributed by atoms with van der Waals surface area (Å²) in [5.41, 5.74) is 1.79. The topological polar surface area (TPSA) is 41.6 Å². The van der Waals surface area contributed by atoms with Gasteiger partial charge in [-0.1, -0.05) is 6.92 Å². The zero-order valence-electron chi connectivity index (χ0n) is 11.7. The normalized spacial score (nSPS) is 20.5. The van der Waals surface area contributed by atoms with E-state index in [0.717, 1.165) is 32.6 Å². The van der Waals surface area contributed by atoms with E-state index in [-0.39, 0.29) is 5.97 Å². The zero-order chi connectivity index (χ0) is 13.7. The van der Waals surface area contributed by atoms with Gasteiger partial charge >= 0.3 is 5.97 Å². The number of ether oxygens (including phenoxy) is 1. The predicted molar refractivity (Wildman–Crippen MR) is 76.6 cm³/mol. The molecule has 0 aromatic heterocycles. The number of carbonyl (C=O) groups is 1. The van der Waals surface area contributed by atoms with Crippen LogP contribution in [0.25, 0.3) is 0 Å². The summed E-state index contributed by atoms with van der Waals surface area (Å²) < 4.78 is 4.71. The fourth-order valence-electron chi connectivity index (χ4n) is 2.44. The average Bonchev–Trinajstić information content (AvgIpc) is 2.42. The number of methoxy groups -OCH3 is 1. The lowest BCUT2D eigenvalue weighted by molar-refractivity contribution is 0.0601. The van der Waals surface area contributed by atoms with Crippen molar-refractivity contribution in [3.8, 4) is 0 Å². The summed E-state index contributed by atoms with van der Waals surface area (Å²) in [5.74, 6) is 0.345. The SMILES string of the molecule is COC(=O)c1ccc(N2CCCNCC(C)C2)cc1. The van der Waals surface area contributed by atoms with E-state index in [1.165, 1.54) is 12.8 Å². The maximum absolute atomic E-state index is 11.4. The third-order valence-electron chi connectivity index (χ3n) is 3.46. The average molecular weight is 262 g/mol. The first-order chi connectivity index (χ1) is 9.20. The van der Waals surface area contributed by atoms with Gasteiger partial charge in [0, 0.05) is 18.8 Å². The summed E-state index contributed by atoms with van der Waals surface area (Å²) in [6, 6.07) is 7.69. The molecule has 0 aliphatic carbocycles. The third kappa shape index (κ3) is 3.70. The van der Waals surface area contributed by atoms with Crippen LogP contribution in [-0.4, -0.2) is 39.3 Å². The van der Waals surface area contributed by atoms with Crippen LogP contribution >= 0.6 is 0 Å². The van der Waals surface area contributed by atoms with Crippen LogP contribution in [0.2, 0.25) is 0 Å². The number of hydrogen-bond donors (Lipinski definition) is 1. The van der Waals surface area contributed by atoms with Gasteiger partial charge in [0.05, 0.1) is 12.7 Å². The van der Waals surface area contributed by atoms with Crippen LogP contribution in [0.4, 0.5) is 5.69 Å². The van der Waals surface area contributed by atoms with Crippen LogP contribution in [0, 0.1) is 5.92 Å². The molecule has 19 heavy (non-hydrogen) atoms. The molecule has 0 bridgehead atoms. The Hall–Kier alpha value is -1.55. The Morgan fingerprint density at radius 2 is 2.11 bits per heavy atom. The van der Waals surface area contributed by atoms with E-state index in [4.69, 9.17) is 4.74 Å². The number of anilines is 1. The van der Waals surface area contributed by atoms with Gasteiger partial charge in [0.2, 0.25) is 0 Å². The molecule has 104 valence electrons. The van der Waals surface area contributed by atoms with E-state index in [1.807, 2.05) is 24.3 Å². The van der Waals surface area contributed by atoms with Gasteiger partial charge in [-0.25, -0.2) is 4.79 Å². The molecular weight excluding hydrogens is 240 g/mol. The Bertz CT molecular complexity index is 417. The summed E-state index contributed by atoms with van der Waals surface area (Å²) in [5, 5.41) is 3.45. The maximum atomic E-state index is 11.4. The molecular formula is C15H22N2O2. The fourth-order valence-corrected chi connectivity index (χ4v) is 2.44.